The first-order valence-electron chi connectivity index (χ1n) is 11.4. The Morgan fingerprint density at radius 3 is 2.45 bits per heavy atom. The second-order valence-corrected chi connectivity index (χ2v) is 11.3. The highest BCUT2D eigenvalue weighted by Crippen LogP contribution is 2.40. The fourth-order valence-electron chi connectivity index (χ4n) is 3.96. The van der Waals surface area contributed by atoms with E-state index in [1.165, 1.54) is 0 Å². The number of amides is 2. The molecular formula is C24H37ClN3O2P. The van der Waals surface area contributed by atoms with Crippen molar-refractivity contribution in [3.05, 3.63) is 34.4 Å². The minimum absolute atomic E-state index is 0.103. The molecule has 1 aromatic rings. The normalized spacial score (nSPS) is 16.0. The lowest BCUT2D eigenvalue weighted by atomic mass is 9.90. The van der Waals surface area contributed by atoms with Crippen LogP contribution in [0.25, 0.3) is 0 Å². The Morgan fingerprint density at radius 2 is 1.87 bits per heavy atom. The number of carbonyl (C=O) groups is 2. The highest BCUT2D eigenvalue weighted by Gasteiger charge is 2.27. The summed E-state index contributed by atoms with van der Waals surface area (Å²) in [4.78, 5) is 27.3. The van der Waals surface area contributed by atoms with Crippen LogP contribution in [0.2, 0.25) is 5.02 Å². The van der Waals surface area contributed by atoms with E-state index < -0.39 is 5.91 Å². The van der Waals surface area contributed by atoms with Crippen molar-refractivity contribution in [2.75, 3.05) is 29.6 Å². The quantitative estimate of drug-likeness (QED) is 0.387. The van der Waals surface area contributed by atoms with Crippen molar-refractivity contribution in [1.29, 1.82) is 0 Å². The lowest BCUT2D eigenvalue weighted by molar-refractivity contribution is -0.117. The average Bonchev–Trinajstić information content (AvgIpc) is 2.78. The molecule has 0 fully saturated rings. The minimum atomic E-state index is -0.474. The zero-order chi connectivity index (χ0) is 23.0. The lowest BCUT2D eigenvalue weighted by Gasteiger charge is -2.29. The van der Waals surface area contributed by atoms with Crippen LogP contribution in [0, 0.1) is 0 Å². The maximum Gasteiger partial charge on any atom is 0.254 e. The SMILES string of the molecule is CCCCN(C(=O)C1=C(C(N)=O)CCCC1)c1ccc(Cl)c(NC(CC)P(C)CC)c1. The van der Waals surface area contributed by atoms with E-state index in [4.69, 9.17) is 17.3 Å². The van der Waals surface area contributed by atoms with Gasteiger partial charge in [-0.25, -0.2) is 0 Å². The number of nitrogens with two attached hydrogens (primary N) is 1. The number of carbonyl (C=O) groups excluding carboxylic acids is 2. The molecule has 31 heavy (non-hydrogen) atoms. The average molecular weight is 466 g/mol. The van der Waals surface area contributed by atoms with Crippen LogP contribution in [-0.2, 0) is 9.59 Å². The standard InChI is InChI=1S/C24H37ClN3O2P/c1-5-8-15-28(24(30)19-12-10-9-11-18(19)23(26)29)17-13-14-20(25)21(16-17)27-22(6-2)31(4)7-3/h13-14,16,22,27H,5-12,15H2,1-4H3,(H2,26,29). The fourth-order valence-corrected chi connectivity index (χ4v) is 5.55. The molecule has 0 aliphatic heterocycles. The number of primary amides is 1. The number of benzene rings is 1. The van der Waals surface area contributed by atoms with Gasteiger partial charge in [0.1, 0.15) is 0 Å². The van der Waals surface area contributed by atoms with Crippen LogP contribution in [-0.4, -0.2) is 37.0 Å². The molecule has 5 nitrogen and oxygen atoms in total. The summed E-state index contributed by atoms with van der Waals surface area (Å²) in [5, 5.41) is 4.27. The monoisotopic (exact) mass is 465 g/mol. The summed E-state index contributed by atoms with van der Waals surface area (Å²) in [5.74, 6) is -0.206. The predicted octanol–water partition coefficient (Wildman–Crippen LogP) is 6.11. The Kier molecular flexibility index (Phi) is 10.3. The second-order valence-electron chi connectivity index (χ2n) is 8.14. The van der Waals surface area contributed by atoms with Gasteiger partial charge in [-0.2, -0.15) is 0 Å². The summed E-state index contributed by atoms with van der Waals surface area (Å²) in [6, 6.07) is 5.72. The predicted molar refractivity (Wildman–Crippen MR) is 134 cm³/mol. The van der Waals surface area contributed by atoms with Crippen LogP contribution in [0.5, 0.6) is 0 Å². The van der Waals surface area contributed by atoms with Gasteiger partial charge in [-0.3, -0.25) is 9.59 Å². The molecule has 0 spiro atoms. The third-order valence-electron chi connectivity index (χ3n) is 6.01. The number of hydrogen-bond acceptors (Lipinski definition) is 3. The van der Waals surface area contributed by atoms with E-state index in [1.54, 1.807) is 4.90 Å². The number of halogens is 1. The van der Waals surface area contributed by atoms with Crippen LogP contribution in [0.1, 0.15) is 65.7 Å². The Hall–Kier alpha value is -1.58. The topological polar surface area (TPSA) is 75.4 Å². The molecule has 0 radical (unpaired) electrons. The zero-order valence-corrected chi connectivity index (χ0v) is 21.0. The van der Waals surface area contributed by atoms with Crippen molar-refractivity contribution in [1.82, 2.24) is 0 Å². The maximum atomic E-state index is 13.6. The first kappa shape index (κ1) is 25.7. The minimum Gasteiger partial charge on any atom is -0.377 e. The van der Waals surface area contributed by atoms with Gasteiger partial charge >= 0.3 is 0 Å². The van der Waals surface area contributed by atoms with Crippen LogP contribution in [0.15, 0.2) is 29.3 Å². The van der Waals surface area contributed by atoms with Crippen molar-refractivity contribution >= 4 is 42.7 Å². The van der Waals surface area contributed by atoms with Gasteiger partial charge in [-0.15, -0.1) is 0 Å². The van der Waals surface area contributed by atoms with E-state index in [2.05, 4.69) is 32.8 Å². The highest BCUT2D eigenvalue weighted by molar-refractivity contribution is 7.57. The van der Waals surface area contributed by atoms with E-state index in [0.29, 0.717) is 41.3 Å². The first-order chi connectivity index (χ1) is 14.8. The summed E-state index contributed by atoms with van der Waals surface area (Å²) < 4.78 is 0. The van der Waals surface area contributed by atoms with Gasteiger partial charge in [0, 0.05) is 29.2 Å². The number of unbranched alkanes of at least 4 members (excludes halogenated alkanes) is 1. The van der Waals surface area contributed by atoms with E-state index in [1.807, 2.05) is 18.2 Å². The molecule has 0 aromatic heterocycles. The molecule has 2 amide bonds. The van der Waals surface area contributed by atoms with Crippen LogP contribution in [0.4, 0.5) is 11.4 Å². The summed E-state index contributed by atoms with van der Waals surface area (Å²) >= 11 is 6.52. The molecule has 2 atom stereocenters. The number of anilines is 2. The van der Waals surface area contributed by atoms with Crippen LogP contribution < -0.4 is 16.0 Å². The number of rotatable bonds is 11. The molecule has 1 aliphatic carbocycles. The smallest absolute Gasteiger partial charge is 0.254 e. The Labute approximate surface area is 193 Å². The fraction of sp³-hybridized carbons (Fsp3) is 0.583. The van der Waals surface area contributed by atoms with Gasteiger partial charge in [0.05, 0.1) is 10.7 Å². The molecule has 2 rings (SSSR count). The number of hydrogen-bond donors (Lipinski definition) is 2. The molecule has 0 bridgehead atoms. The summed E-state index contributed by atoms with van der Waals surface area (Å²) in [7, 11) is -0.157. The molecule has 3 N–H and O–H groups in total. The van der Waals surface area contributed by atoms with Gasteiger partial charge < -0.3 is 16.0 Å². The third-order valence-corrected chi connectivity index (χ3v) is 8.89. The summed E-state index contributed by atoms with van der Waals surface area (Å²) in [6.07, 6.45) is 7.00. The molecular weight excluding hydrogens is 429 g/mol. The van der Waals surface area contributed by atoms with Gasteiger partial charge in [0.15, 0.2) is 0 Å². The molecule has 0 heterocycles. The summed E-state index contributed by atoms with van der Waals surface area (Å²) in [6.45, 7) is 9.40. The molecule has 0 saturated carbocycles. The molecule has 1 aliphatic rings. The Morgan fingerprint density at radius 1 is 1.19 bits per heavy atom. The largest absolute Gasteiger partial charge is 0.377 e. The van der Waals surface area contributed by atoms with Crippen molar-refractivity contribution < 1.29 is 9.59 Å². The van der Waals surface area contributed by atoms with Crippen molar-refractivity contribution in [3.8, 4) is 0 Å². The maximum absolute atomic E-state index is 13.6. The van der Waals surface area contributed by atoms with Gasteiger partial charge in [-0.05, 0) is 69.6 Å². The highest BCUT2D eigenvalue weighted by atomic mass is 35.5. The number of nitrogens with zero attached hydrogens (tertiary/aromatic N) is 1. The van der Waals surface area contributed by atoms with Crippen molar-refractivity contribution in [2.45, 2.75) is 71.5 Å². The van der Waals surface area contributed by atoms with Gasteiger partial charge in [-0.1, -0.05) is 46.7 Å². The zero-order valence-electron chi connectivity index (χ0n) is 19.3. The van der Waals surface area contributed by atoms with Crippen LogP contribution >= 0.6 is 19.5 Å². The van der Waals surface area contributed by atoms with Gasteiger partial charge in [0.2, 0.25) is 5.91 Å². The van der Waals surface area contributed by atoms with E-state index in [0.717, 1.165) is 49.6 Å². The van der Waals surface area contributed by atoms with Gasteiger partial charge in [0.25, 0.3) is 5.91 Å². The number of nitrogens with one attached hydrogen (secondary N) is 1. The molecule has 2 unspecified atom stereocenters. The molecule has 7 heteroatoms. The van der Waals surface area contributed by atoms with Crippen LogP contribution in [0.3, 0.4) is 0 Å². The van der Waals surface area contributed by atoms with Crippen molar-refractivity contribution in [2.24, 2.45) is 5.73 Å². The van der Waals surface area contributed by atoms with E-state index >= 15 is 0 Å². The second kappa shape index (κ2) is 12.5. The molecule has 1 aromatic carbocycles. The van der Waals surface area contributed by atoms with Crippen molar-refractivity contribution in [3.63, 3.8) is 0 Å². The summed E-state index contributed by atoms with van der Waals surface area (Å²) in [5.41, 5.74) is 8.33. The first-order valence-corrected chi connectivity index (χ1v) is 13.9. The third kappa shape index (κ3) is 6.70. The molecule has 172 valence electrons. The molecule has 0 saturated heterocycles. The van der Waals surface area contributed by atoms with E-state index in [-0.39, 0.29) is 13.8 Å². The van der Waals surface area contributed by atoms with E-state index in [9.17, 15) is 9.59 Å². The Balaban J connectivity index is 2.42. The Bertz CT molecular complexity index is 812. The lowest BCUT2D eigenvalue weighted by Crippen LogP contribution is -2.35.